The number of piperidine rings is 1. The fourth-order valence-electron chi connectivity index (χ4n) is 2.55. The Labute approximate surface area is 130 Å². The van der Waals surface area contributed by atoms with Gasteiger partial charge >= 0.3 is 5.97 Å². The van der Waals surface area contributed by atoms with E-state index < -0.39 is 5.97 Å². The van der Waals surface area contributed by atoms with E-state index in [-0.39, 0.29) is 6.10 Å². The molecule has 2 rings (SSSR count). The average Bonchev–Trinajstić information content (AvgIpc) is 2.46. The Hall–Kier alpha value is -1.52. The monoisotopic (exact) mass is 309 g/mol. The molecule has 0 bridgehead atoms. The Morgan fingerprint density at radius 1 is 1.57 bits per heavy atom. The summed E-state index contributed by atoms with van der Waals surface area (Å²) in [6.07, 6.45) is 5.06. The molecule has 0 saturated carbocycles. The maximum absolute atomic E-state index is 10.5. The van der Waals surface area contributed by atoms with Crippen molar-refractivity contribution in [1.82, 2.24) is 0 Å². The van der Waals surface area contributed by atoms with Gasteiger partial charge in [-0.1, -0.05) is 17.7 Å². The number of carbonyl (C=O) groups is 1. The molecule has 0 spiro atoms. The largest absolute Gasteiger partial charge is 0.478 e. The molecule has 0 aromatic heterocycles. The highest BCUT2D eigenvalue weighted by Gasteiger charge is 2.20. The standard InChI is InChI=1S/C16H20ClNO3/c1-2-21-14-4-3-9-18(11-14)13-7-5-12(15(17)10-13)6-8-16(19)20/h5-8,10,14H,2-4,9,11H2,1H3,(H,19,20)/b8-6+. The Kier molecular flexibility index (Phi) is 5.65. The van der Waals surface area contributed by atoms with Crippen LogP contribution in [0.4, 0.5) is 5.69 Å². The molecule has 0 aliphatic carbocycles. The summed E-state index contributed by atoms with van der Waals surface area (Å²) in [5.41, 5.74) is 1.76. The quantitative estimate of drug-likeness (QED) is 0.846. The van der Waals surface area contributed by atoms with E-state index in [1.807, 2.05) is 25.1 Å². The van der Waals surface area contributed by atoms with Crippen LogP contribution in [0.25, 0.3) is 6.08 Å². The van der Waals surface area contributed by atoms with Gasteiger partial charge in [-0.15, -0.1) is 0 Å². The number of carboxylic acid groups (broad SMARTS) is 1. The Morgan fingerprint density at radius 2 is 2.38 bits per heavy atom. The van der Waals surface area contributed by atoms with Crippen LogP contribution in [-0.2, 0) is 9.53 Å². The number of halogens is 1. The molecule has 1 N–H and O–H groups in total. The van der Waals surface area contributed by atoms with Gasteiger partial charge in [0, 0.05) is 36.5 Å². The minimum Gasteiger partial charge on any atom is -0.478 e. The van der Waals surface area contributed by atoms with E-state index >= 15 is 0 Å². The number of rotatable bonds is 5. The molecule has 1 aromatic rings. The van der Waals surface area contributed by atoms with Crippen LogP contribution in [-0.4, -0.2) is 36.9 Å². The van der Waals surface area contributed by atoms with Crippen molar-refractivity contribution in [3.8, 4) is 0 Å². The summed E-state index contributed by atoms with van der Waals surface area (Å²) in [4.78, 5) is 12.8. The molecule has 1 aliphatic rings. The molecule has 0 radical (unpaired) electrons. The van der Waals surface area contributed by atoms with Crippen molar-refractivity contribution in [1.29, 1.82) is 0 Å². The van der Waals surface area contributed by atoms with Gasteiger partial charge in [-0.3, -0.25) is 0 Å². The normalized spacial score (nSPS) is 19.1. The van der Waals surface area contributed by atoms with E-state index in [4.69, 9.17) is 21.4 Å². The first-order chi connectivity index (χ1) is 10.1. The van der Waals surface area contributed by atoms with Crippen LogP contribution in [0.3, 0.4) is 0 Å². The maximum Gasteiger partial charge on any atom is 0.328 e. The summed E-state index contributed by atoms with van der Waals surface area (Å²) in [5.74, 6) is -0.981. The van der Waals surface area contributed by atoms with Gasteiger partial charge in [-0.25, -0.2) is 4.79 Å². The molecule has 1 fully saturated rings. The zero-order valence-electron chi connectivity index (χ0n) is 12.1. The van der Waals surface area contributed by atoms with E-state index in [0.717, 1.165) is 44.3 Å². The zero-order chi connectivity index (χ0) is 15.2. The minimum atomic E-state index is -0.981. The second kappa shape index (κ2) is 7.48. The van der Waals surface area contributed by atoms with Gasteiger partial charge in [0.25, 0.3) is 0 Å². The fraction of sp³-hybridized carbons (Fsp3) is 0.438. The van der Waals surface area contributed by atoms with Crippen LogP contribution < -0.4 is 4.90 Å². The lowest BCUT2D eigenvalue weighted by Gasteiger charge is -2.34. The Bertz CT molecular complexity index is 528. The lowest BCUT2D eigenvalue weighted by atomic mass is 10.1. The predicted molar refractivity (Wildman–Crippen MR) is 85.0 cm³/mol. The Morgan fingerprint density at radius 3 is 3.05 bits per heavy atom. The van der Waals surface area contributed by atoms with Gasteiger partial charge in [-0.2, -0.15) is 0 Å². The van der Waals surface area contributed by atoms with Crippen LogP contribution in [0.15, 0.2) is 24.3 Å². The average molecular weight is 310 g/mol. The highest BCUT2D eigenvalue weighted by Crippen LogP contribution is 2.27. The number of ether oxygens (including phenoxy) is 1. The van der Waals surface area contributed by atoms with E-state index in [9.17, 15) is 4.79 Å². The van der Waals surface area contributed by atoms with Crippen molar-refractivity contribution >= 4 is 29.3 Å². The molecule has 1 saturated heterocycles. The van der Waals surface area contributed by atoms with Gasteiger partial charge in [0.15, 0.2) is 0 Å². The number of benzene rings is 1. The van der Waals surface area contributed by atoms with Crippen LogP contribution in [0.5, 0.6) is 0 Å². The topological polar surface area (TPSA) is 49.8 Å². The van der Waals surface area contributed by atoms with E-state index in [2.05, 4.69) is 4.90 Å². The number of hydrogen-bond acceptors (Lipinski definition) is 3. The molecule has 4 nitrogen and oxygen atoms in total. The van der Waals surface area contributed by atoms with Gasteiger partial charge in [0.1, 0.15) is 0 Å². The van der Waals surface area contributed by atoms with Crippen molar-refractivity contribution in [3.63, 3.8) is 0 Å². The zero-order valence-corrected chi connectivity index (χ0v) is 12.8. The van der Waals surface area contributed by atoms with Gasteiger partial charge in [-0.05, 0) is 43.5 Å². The van der Waals surface area contributed by atoms with Crippen molar-refractivity contribution in [3.05, 3.63) is 34.9 Å². The summed E-state index contributed by atoms with van der Waals surface area (Å²) in [7, 11) is 0. The van der Waals surface area contributed by atoms with E-state index in [1.54, 1.807) is 0 Å². The van der Waals surface area contributed by atoms with Crippen molar-refractivity contribution in [2.24, 2.45) is 0 Å². The third kappa shape index (κ3) is 4.48. The smallest absolute Gasteiger partial charge is 0.328 e. The number of hydrogen-bond donors (Lipinski definition) is 1. The maximum atomic E-state index is 10.5. The molecule has 1 atom stereocenters. The molecule has 1 aliphatic heterocycles. The molecule has 5 heteroatoms. The molecule has 1 unspecified atom stereocenters. The highest BCUT2D eigenvalue weighted by molar-refractivity contribution is 6.32. The second-order valence-corrected chi connectivity index (χ2v) is 5.45. The van der Waals surface area contributed by atoms with Crippen molar-refractivity contribution < 1.29 is 14.6 Å². The van der Waals surface area contributed by atoms with Crippen molar-refractivity contribution in [2.75, 3.05) is 24.6 Å². The first-order valence-corrected chi connectivity index (χ1v) is 7.55. The number of carboxylic acids is 1. The number of nitrogens with zero attached hydrogens (tertiary/aromatic N) is 1. The number of aliphatic carboxylic acids is 1. The first-order valence-electron chi connectivity index (χ1n) is 7.17. The Balaban J connectivity index is 2.10. The summed E-state index contributed by atoms with van der Waals surface area (Å²) >= 11 is 6.23. The van der Waals surface area contributed by atoms with Crippen molar-refractivity contribution in [2.45, 2.75) is 25.9 Å². The summed E-state index contributed by atoms with van der Waals surface area (Å²) in [5, 5.41) is 9.21. The SMILES string of the molecule is CCOC1CCCN(c2ccc(/C=C/C(=O)O)c(Cl)c2)C1. The van der Waals surface area contributed by atoms with Crippen LogP contribution >= 0.6 is 11.6 Å². The molecule has 1 heterocycles. The minimum absolute atomic E-state index is 0.272. The lowest BCUT2D eigenvalue weighted by Crippen LogP contribution is -2.39. The third-order valence-corrected chi connectivity index (χ3v) is 3.86. The molecule has 114 valence electrons. The van der Waals surface area contributed by atoms with Gasteiger partial charge in [0.2, 0.25) is 0 Å². The van der Waals surface area contributed by atoms with Gasteiger partial charge in [0.05, 0.1) is 6.10 Å². The third-order valence-electron chi connectivity index (χ3n) is 3.54. The molecule has 1 aromatic carbocycles. The van der Waals surface area contributed by atoms with Crippen LogP contribution in [0.2, 0.25) is 5.02 Å². The summed E-state index contributed by atoms with van der Waals surface area (Å²) in [6, 6.07) is 5.71. The van der Waals surface area contributed by atoms with E-state index in [0.29, 0.717) is 10.6 Å². The highest BCUT2D eigenvalue weighted by atomic mass is 35.5. The van der Waals surface area contributed by atoms with Gasteiger partial charge < -0.3 is 14.7 Å². The van der Waals surface area contributed by atoms with E-state index in [1.165, 1.54) is 6.08 Å². The summed E-state index contributed by atoms with van der Waals surface area (Å²) < 4.78 is 5.70. The van der Waals surface area contributed by atoms with Crippen LogP contribution in [0.1, 0.15) is 25.3 Å². The molecule has 21 heavy (non-hydrogen) atoms. The summed E-state index contributed by atoms with van der Waals surface area (Å²) in [6.45, 7) is 4.61. The molecular formula is C16H20ClNO3. The van der Waals surface area contributed by atoms with Crippen LogP contribution in [0, 0.1) is 0 Å². The fourth-order valence-corrected chi connectivity index (χ4v) is 2.79. The first kappa shape index (κ1) is 15.9. The predicted octanol–water partition coefficient (Wildman–Crippen LogP) is 3.44. The lowest BCUT2D eigenvalue weighted by molar-refractivity contribution is -0.131. The molecular weight excluding hydrogens is 290 g/mol. The molecule has 0 amide bonds. The second-order valence-electron chi connectivity index (χ2n) is 5.04. The number of anilines is 1.